The van der Waals surface area contributed by atoms with E-state index in [1.165, 1.54) is 0 Å². The van der Waals surface area contributed by atoms with E-state index in [9.17, 15) is 4.39 Å². The van der Waals surface area contributed by atoms with Gasteiger partial charge < -0.3 is 20.1 Å². The van der Waals surface area contributed by atoms with Gasteiger partial charge in [-0.2, -0.15) is 0 Å². The highest BCUT2D eigenvalue weighted by Crippen LogP contribution is 2.16. The quantitative estimate of drug-likeness (QED) is 0.416. The molecule has 0 aromatic heterocycles. The van der Waals surface area contributed by atoms with E-state index in [2.05, 4.69) is 15.6 Å². The smallest absolute Gasteiger partial charge is 0.191 e. The molecule has 1 rings (SSSR count). The van der Waals surface area contributed by atoms with Crippen molar-refractivity contribution in [2.45, 2.75) is 26.8 Å². The summed E-state index contributed by atoms with van der Waals surface area (Å²) < 4.78 is 24.0. The fraction of sp³-hybridized carbons (Fsp3) is 0.588. The number of aryl methyl sites for hydroxylation is 1. The molecule has 0 heterocycles. The maximum atomic E-state index is 13.7. The summed E-state index contributed by atoms with van der Waals surface area (Å²) in [5.41, 5.74) is 1.53. The van der Waals surface area contributed by atoms with E-state index < -0.39 is 0 Å². The molecule has 0 radical (unpaired) electrons. The summed E-state index contributed by atoms with van der Waals surface area (Å²) in [5.74, 6) is 0.501. The van der Waals surface area contributed by atoms with Crippen molar-refractivity contribution in [3.63, 3.8) is 0 Å². The first-order valence-corrected chi connectivity index (χ1v) is 7.96. The van der Waals surface area contributed by atoms with Crippen molar-refractivity contribution in [3.8, 4) is 0 Å². The minimum absolute atomic E-state index is 0.0442. The first-order chi connectivity index (χ1) is 11.1. The van der Waals surface area contributed by atoms with E-state index in [1.54, 1.807) is 26.2 Å². The predicted octanol–water partition coefficient (Wildman–Crippen LogP) is 2.41. The van der Waals surface area contributed by atoms with Crippen molar-refractivity contribution >= 4 is 5.96 Å². The molecule has 1 aromatic carbocycles. The van der Waals surface area contributed by atoms with Crippen LogP contribution in [-0.2, 0) is 9.47 Å². The standard InChI is InChI=1S/C17H28FN3O2/c1-5-19-17(20-8-9-23-11-10-22-4)21-14(3)15-7-6-13(2)16(18)12-15/h6-7,12,14H,5,8-11H2,1-4H3,(H2,19,20,21). The van der Waals surface area contributed by atoms with Crippen molar-refractivity contribution in [1.82, 2.24) is 10.6 Å². The summed E-state index contributed by atoms with van der Waals surface area (Å²) in [6, 6.07) is 5.23. The van der Waals surface area contributed by atoms with Crippen LogP contribution in [0.2, 0.25) is 0 Å². The second kappa shape index (κ2) is 11.0. The van der Waals surface area contributed by atoms with E-state index in [0.29, 0.717) is 37.9 Å². The molecule has 2 N–H and O–H groups in total. The number of guanidine groups is 1. The van der Waals surface area contributed by atoms with Gasteiger partial charge in [-0.3, -0.25) is 4.99 Å². The predicted molar refractivity (Wildman–Crippen MR) is 91.4 cm³/mol. The highest BCUT2D eigenvalue weighted by molar-refractivity contribution is 5.80. The summed E-state index contributed by atoms with van der Waals surface area (Å²) in [5, 5.41) is 6.45. The number of hydrogen-bond donors (Lipinski definition) is 2. The SMILES string of the molecule is CCNC(=NCCOCCOC)NC(C)c1ccc(C)c(F)c1. The van der Waals surface area contributed by atoms with Gasteiger partial charge in [-0.1, -0.05) is 12.1 Å². The van der Waals surface area contributed by atoms with Crippen molar-refractivity contribution in [2.24, 2.45) is 4.99 Å². The highest BCUT2D eigenvalue weighted by atomic mass is 19.1. The van der Waals surface area contributed by atoms with Crippen LogP contribution >= 0.6 is 0 Å². The molecule has 0 aliphatic carbocycles. The molecule has 0 saturated heterocycles. The number of nitrogens with one attached hydrogen (secondary N) is 2. The first kappa shape index (κ1) is 19.4. The average molecular weight is 325 g/mol. The number of ether oxygens (including phenoxy) is 2. The molecular formula is C17H28FN3O2. The van der Waals surface area contributed by atoms with E-state index in [1.807, 2.05) is 19.9 Å². The molecule has 0 saturated carbocycles. The molecule has 23 heavy (non-hydrogen) atoms. The van der Waals surface area contributed by atoms with Gasteiger partial charge in [0.1, 0.15) is 5.82 Å². The lowest BCUT2D eigenvalue weighted by atomic mass is 10.1. The maximum Gasteiger partial charge on any atom is 0.191 e. The molecule has 0 bridgehead atoms. The van der Waals surface area contributed by atoms with Crippen LogP contribution in [0, 0.1) is 12.7 Å². The summed E-state index contributed by atoms with van der Waals surface area (Å²) >= 11 is 0. The summed E-state index contributed by atoms with van der Waals surface area (Å²) in [6.45, 7) is 8.72. The van der Waals surface area contributed by atoms with Gasteiger partial charge in [0.15, 0.2) is 5.96 Å². The monoisotopic (exact) mass is 325 g/mol. The van der Waals surface area contributed by atoms with Crippen LogP contribution in [0.4, 0.5) is 4.39 Å². The molecular weight excluding hydrogens is 297 g/mol. The average Bonchev–Trinajstić information content (AvgIpc) is 2.53. The lowest BCUT2D eigenvalue weighted by Crippen LogP contribution is -2.39. The van der Waals surface area contributed by atoms with Gasteiger partial charge in [0, 0.05) is 13.7 Å². The number of hydrogen-bond acceptors (Lipinski definition) is 3. The number of nitrogens with zero attached hydrogens (tertiary/aromatic N) is 1. The first-order valence-electron chi connectivity index (χ1n) is 7.96. The van der Waals surface area contributed by atoms with Gasteiger partial charge in [-0.25, -0.2) is 4.39 Å². The normalized spacial score (nSPS) is 13.0. The molecule has 0 spiro atoms. The Morgan fingerprint density at radius 3 is 2.74 bits per heavy atom. The zero-order chi connectivity index (χ0) is 17.1. The fourth-order valence-corrected chi connectivity index (χ4v) is 1.95. The van der Waals surface area contributed by atoms with Gasteiger partial charge in [0.25, 0.3) is 0 Å². The van der Waals surface area contributed by atoms with Gasteiger partial charge in [-0.05, 0) is 38.0 Å². The largest absolute Gasteiger partial charge is 0.382 e. The Kier molecular flexibility index (Phi) is 9.24. The Morgan fingerprint density at radius 2 is 2.09 bits per heavy atom. The zero-order valence-electron chi connectivity index (χ0n) is 14.5. The zero-order valence-corrected chi connectivity index (χ0v) is 14.5. The van der Waals surface area contributed by atoms with Crippen LogP contribution < -0.4 is 10.6 Å². The van der Waals surface area contributed by atoms with Gasteiger partial charge in [0.05, 0.1) is 32.4 Å². The molecule has 0 amide bonds. The summed E-state index contributed by atoms with van der Waals surface area (Å²) in [7, 11) is 1.64. The molecule has 6 heteroatoms. The minimum atomic E-state index is -0.190. The van der Waals surface area contributed by atoms with Gasteiger partial charge in [-0.15, -0.1) is 0 Å². The minimum Gasteiger partial charge on any atom is -0.382 e. The third-order valence-corrected chi connectivity index (χ3v) is 3.33. The molecule has 1 atom stereocenters. The molecule has 0 aliphatic heterocycles. The number of halogens is 1. The maximum absolute atomic E-state index is 13.7. The Hall–Kier alpha value is -1.66. The van der Waals surface area contributed by atoms with Crippen LogP contribution in [0.25, 0.3) is 0 Å². The van der Waals surface area contributed by atoms with Gasteiger partial charge >= 0.3 is 0 Å². The Morgan fingerprint density at radius 1 is 1.30 bits per heavy atom. The second-order valence-corrected chi connectivity index (χ2v) is 5.24. The van der Waals surface area contributed by atoms with Crippen molar-refractivity contribution in [1.29, 1.82) is 0 Å². The van der Waals surface area contributed by atoms with E-state index in [4.69, 9.17) is 9.47 Å². The number of rotatable bonds is 9. The Balaban J connectivity index is 2.54. The highest BCUT2D eigenvalue weighted by Gasteiger charge is 2.09. The van der Waals surface area contributed by atoms with Crippen LogP contribution in [0.15, 0.2) is 23.2 Å². The Bertz CT molecular complexity index is 495. The van der Waals surface area contributed by atoms with Crippen molar-refractivity contribution < 1.29 is 13.9 Å². The van der Waals surface area contributed by atoms with Crippen LogP contribution in [0.5, 0.6) is 0 Å². The molecule has 5 nitrogen and oxygen atoms in total. The summed E-state index contributed by atoms with van der Waals surface area (Å²) in [6.07, 6.45) is 0. The van der Waals surface area contributed by atoms with E-state index in [0.717, 1.165) is 12.1 Å². The van der Waals surface area contributed by atoms with E-state index >= 15 is 0 Å². The molecule has 1 unspecified atom stereocenters. The van der Waals surface area contributed by atoms with Crippen molar-refractivity contribution in [2.75, 3.05) is 40.0 Å². The van der Waals surface area contributed by atoms with Crippen LogP contribution in [0.1, 0.15) is 31.0 Å². The second-order valence-electron chi connectivity index (χ2n) is 5.24. The fourth-order valence-electron chi connectivity index (χ4n) is 1.95. The number of benzene rings is 1. The van der Waals surface area contributed by atoms with E-state index in [-0.39, 0.29) is 11.9 Å². The lowest BCUT2D eigenvalue weighted by Gasteiger charge is -2.18. The molecule has 130 valence electrons. The summed E-state index contributed by atoms with van der Waals surface area (Å²) in [4.78, 5) is 4.45. The lowest BCUT2D eigenvalue weighted by molar-refractivity contribution is 0.0748. The van der Waals surface area contributed by atoms with Crippen molar-refractivity contribution in [3.05, 3.63) is 35.1 Å². The van der Waals surface area contributed by atoms with Crippen LogP contribution in [0.3, 0.4) is 0 Å². The number of aliphatic imine (C=N–C) groups is 1. The third-order valence-electron chi connectivity index (χ3n) is 3.33. The van der Waals surface area contributed by atoms with Crippen LogP contribution in [-0.4, -0.2) is 46.0 Å². The number of methoxy groups -OCH3 is 1. The van der Waals surface area contributed by atoms with Gasteiger partial charge in [0.2, 0.25) is 0 Å². The third kappa shape index (κ3) is 7.43. The molecule has 0 fully saturated rings. The topological polar surface area (TPSA) is 54.9 Å². The molecule has 0 aliphatic rings. The molecule has 1 aromatic rings. The Labute approximate surface area is 138 Å².